The summed E-state index contributed by atoms with van der Waals surface area (Å²) in [5, 5.41) is 0. The van der Waals surface area contributed by atoms with Gasteiger partial charge in [0, 0.05) is 23.5 Å². The predicted octanol–water partition coefficient (Wildman–Crippen LogP) is 2.49. The summed E-state index contributed by atoms with van der Waals surface area (Å²) in [6.45, 7) is 1.39. The van der Waals surface area contributed by atoms with E-state index in [-0.39, 0.29) is 11.8 Å². The standard InChI is InChI=1S/C13H11FN2O2/c1-8(17)9-3-10(5-12(14)4-9)11-6-15-13(18-2)16-7-11/h3-7H,1-2H3. The minimum absolute atomic E-state index is 0.190. The summed E-state index contributed by atoms with van der Waals surface area (Å²) in [5.74, 6) is -0.654. The molecule has 0 N–H and O–H groups in total. The number of ether oxygens (including phenoxy) is 1. The zero-order valence-electron chi connectivity index (χ0n) is 9.98. The van der Waals surface area contributed by atoms with Crippen molar-refractivity contribution in [1.29, 1.82) is 0 Å². The number of rotatable bonds is 3. The molecule has 1 aromatic heterocycles. The summed E-state index contributed by atoms with van der Waals surface area (Å²) >= 11 is 0. The summed E-state index contributed by atoms with van der Waals surface area (Å²) in [4.78, 5) is 19.1. The zero-order chi connectivity index (χ0) is 13.1. The molecule has 0 unspecified atom stereocenters. The Bertz CT molecular complexity index is 582. The van der Waals surface area contributed by atoms with E-state index in [1.54, 1.807) is 6.07 Å². The molecule has 0 aliphatic heterocycles. The first-order valence-electron chi connectivity index (χ1n) is 5.28. The Kier molecular flexibility index (Phi) is 3.32. The van der Waals surface area contributed by atoms with E-state index in [4.69, 9.17) is 4.74 Å². The van der Waals surface area contributed by atoms with Crippen molar-refractivity contribution in [2.45, 2.75) is 6.92 Å². The van der Waals surface area contributed by atoms with Crippen LogP contribution in [0, 0.1) is 5.82 Å². The molecule has 18 heavy (non-hydrogen) atoms. The van der Waals surface area contributed by atoms with Gasteiger partial charge in [0.1, 0.15) is 5.82 Å². The lowest BCUT2D eigenvalue weighted by Gasteiger charge is -2.04. The first-order chi connectivity index (χ1) is 8.60. The van der Waals surface area contributed by atoms with Crippen LogP contribution >= 0.6 is 0 Å². The van der Waals surface area contributed by atoms with E-state index < -0.39 is 5.82 Å². The van der Waals surface area contributed by atoms with Gasteiger partial charge < -0.3 is 4.74 Å². The third-order valence-electron chi connectivity index (χ3n) is 2.45. The molecule has 0 saturated heterocycles. The highest BCUT2D eigenvalue weighted by Gasteiger charge is 2.07. The van der Waals surface area contributed by atoms with Crippen LogP contribution in [0.3, 0.4) is 0 Å². The van der Waals surface area contributed by atoms with Crippen molar-refractivity contribution < 1.29 is 13.9 Å². The average molecular weight is 246 g/mol. The van der Waals surface area contributed by atoms with Gasteiger partial charge in [-0.2, -0.15) is 0 Å². The molecule has 5 heteroatoms. The molecule has 0 bridgehead atoms. The van der Waals surface area contributed by atoms with E-state index in [1.165, 1.54) is 38.6 Å². The molecule has 0 aliphatic rings. The first-order valence-corrected chi connectivity index (χ1v) is 5.28. The Morgan fingerprint density at radius 2 is 1.83 bits per heavy atom. The summed E-state index contributed by atoms with van der Waals surface area (Å²) in [6, 6.07) is 4.38. The molecule has 2 aromatic rings. The van der Waals surface area contributed by atoms with E-state index >= 15 is 0 Å². The smallest absolute Gasteiger partial charge is 0.316 e. The maximum absolute atomic E-state index is 13.4. The molecule has 92 valence electrons. The number of aromatic nitrogens is 2. The van der Waals surface area contributed by atoms with Crippen molar-refractivity contribution in [2.75, 3.05) is 7.11 Å². The Balaban J connectivity index is 2.46. The Morgan fingerprint density at radius 3 is 2.39 bits per heavy atom. The number of hydrogen-bond acceptors (Lipinski definition) is 4. The van der Waals surface area contributed by atoms with Crippen LogP contribution in [0.1, 0.15) is 17.3 Å². The molecule has 0 saturated carbocycles. The van der Waals surface area contributed by atoms with Crippen LogP contribution in [0.15, 0.2) is 30.6 Å². The second-order valence-electron chi connectivity index (χ2n) is 3.74. The summed E-state index contributed by atoms with van der Waals surface area (Å²) in [6.07, 6.45) is 3.04. The van der Waals surface area contributed by atoms with Gasteiger partial charge in [-0.3, -0.25) is 4.79 Å². The van der Waals surface area contributed by atoms with Crippen molar-refractivity contribution in [3.05, 3.63) is 42.0 Å². The number of carbonyl (C=O) groups is 1. The fraction of sp³-hybridized carbons (Fsp3) is 0.154. The number of carbonyl (C=O) groups excluding carboxylic acids is 1. The largest absolute Gasteiger partial charge is 0.467 e. The average Bonchev–Trinajstić information content (AvgIpc) is 2.38. The molecule has 0 radical (unpaired) electrons. The van der Waals surface area contributed by atoms with Crippen LogP contribution < -0.4 is 4.74 Å². The van der Waals surface area contributed by atoms with E-state index in [1.807, 2.05) is 0 Å². The van der Waals surface area contributed by atoms with Gasteiger partial charge in [0.15, 0.2) is 5.78 Å². The highest BCUT2D eigenvalue weighted by atomic mass is 19.1. The number of nitrogens with zero attached hydrogens (tertiary/aromatic N) is 2. The SMILES string of the molecule is COc1ncc(-c2cc(F)cc(C(C)=O)c2)cn1. The maximum atomic E-state index is 13.4. The number of benzene rings is 1. The summed E-state index contributed by atoms with van der Waals surface area (Å²) in [7, 11) is 1.46. The summed E-state index contributed by atoms with van der Waals surface area (Å²) in [5.41, 5.74) is 1.50. The first kappa shape index (κ1) is 12.2. The monoisotopic (exact) mass is 246 g/mol. The molecule has 1 aromatic carbocycles. The third kappa shape index (κ3) is 2.51. The predicted molar refractivity (Wildman–Crippen MR) is 64.0 cm³/mol. The van der Waals surface area contributed by atoms with Crippen molar-refractivity contribution in [2.24, 2.45) is 0 Å². The van der Waals surface area contributed by atoms with E-state index in [2.05, 4.69) is 9.97 Å². The van der Waals surface area contributed by atoms with Crippen LogP contribution in [-0.2, 0) is 0 Å². The molecule has 0 fully saturated rings. The lowest BCUT2D eigenvalue weighted by molar-refractivity contribution is 0.101. The van der Waals surface area contributed by atoms with Gasteiger partial charge in [-0.25, -0.2) is 14.4 Å². The number of ketones is 1. The van der Waals surface area contributed by atoms with E-state index in [0.717, 1.165) is 0 Å². The van der Waals surface area contributed by atoms with Gasteiger partial charge in [-0.15, -0.1) is 0 Å². The van der Waals surface area contributed by atoms with Crippen molar-refractivity contribution in [3.63, 3.8) is 0 Å². The van der Waals surface area contributed by atoms with Gasteiger partial charge >= 0.3 is 6.01 Å². The van der Waals surface area contributed by atoms with Gasteiger partial charge in [0.25, 0.3) is 0 Å². The van der Waals surface area contributed by atoms with Crippen LogP contribution in [0.2, 0.25) is 0 Å². The molecule has 0 spiro atoms. The molecule has 0 aliphatic carbocycles. The zero-order valence-corrected chi connectivity index (χ0v) is 9.98. The lowest BCUT2D eigenvalue weighted by Crippen LogP contribution is -1.95. The van der Waals surface area contributed by atoms with Gasteiger partial charge in [-0.1, -0.05) is 0 Å². The fourth-order valence-electron chi connectivity index (χ4n) is 1.53. The second-order valence-corrected chi connectivity index (χ2v) is 3.74. The molecule has 0 amide bonds. The molecular weight excluding hydrogens is 235 g/mol. The quantitative estimate of drug-likeness (QED) is 0.781. The highest BCUT2D eigenvalue weighted by Crippen LogP contribution is 2.21. The topological polar surface area (TPSA) is 52.1 Å². The number of Topliss-reactive ketones (excluding diaryl/α,β-unsaturated/α-hetero) is 1. The Hall–Kier alpha value is -2.30. The molecular formula is C13H11FN2O2. The van der Waals surface area contributed by atoms with Gasteiger partial charge in [0.05, 0.1) is 7.11 Å². The molecule has 2 rings (SSSR count). The molecule has 4 nitrogen and oxygen atoms in total. The molecule has 0 atom stereocenters. The maximum Gasteiger partial charge on any atom is 0.316 e. The van der Waals surface area contributed by atoms with Crippen molar-refractivity contribution in [1.82, 2.24) is 9.97 Å². The Labute approximate surface area is 103 Å². The van der Waals surface area contributed by atoms with Crippen molar-refractivity contribution >= 4 is 5.78 Å². The molecule has 1 heterocycles. The summed E-state index contributed by atoms with van der Waals surface area (Å²) < 4.78 is 18.2. The highest BCUT2D eigenvalue weighted by molar-refractivity contribution is 5.95. The second kappa shape index (κ2) is 4.91. The van der Waals surface area contributed by atoms with Crippen LogP contribution in [0.25, 0.3) is 11.1 Å². The minimum Gasteiger partial charge on any atom is -0.467 e. The normalized spacial score (nSPS) is 10.2. The fourth-order valence-corrected chi connectivity index (χ4v) is 1.53. The third-order valence-corrected chi connectivity index (χ3v) is 2.45. The van der Waals surface area contributed by atoms with Crippen LogP contribution in [0.4, 0.5) is 4.39 Å². The number of halogens is 1. The van der Waals surface area contributed by atoms with Crippen LogP contribution in [0.5, 0.6) is 6.01 Å². The van der Waals surface area contributed by atoms with Crippen LogP contribution in [-0.4, -0.2) is 22.9 Å². The van der Waals surface area contributed by atoms with E-state index in [0.29, 0.717) is 16.7 Å². The minimum atomic E-state index is -0.464. The van der Waals surface area contributed by atoms with Gasteiger partial charge in [0.2, 0.25) is 0 Å². The van der Waals surface area contributed by atoms with Gasteiger partial charge in [-0.05, 0) is 30.7 Å². The van der Waals surface area contributed by atoms with E-state index in [9.17, 15) is 9.18 Å². The Morgan fingerprint density at radius 1 is 1.17 bits per heavy atom. The number of hydrogen-bond donors (Lipinski definition) is 0. The number of methoxy groups -OCH3 is 1. The van der Waals surface area contributed by atoms with Crippen molar-refractivity contribution in [3.8, 4) is 17.1 Å². The lowest BCUT2D eigenvalue weighted by atomic mass is 10.0.